The minimum atomic E-state index is -1.26. The number of nitrogens with zero attached hydrogens (tertiary/aromatic N) is 1. The Morgan fingerprint density at radius 2 is 1.96 bits per heavy atom. The van der Waals surface area contributed by atoms with E-state index in [2.05, 4.69) is 5.32 Å². The highest BCUT2D eigenvalue weighted by molar-refractivity contribution is 5.94. The molecule has 0 radical (unpaired) electrons. The number of aliphatic hydroxyl groups is 1. The predicted molar refractivity (Wildman–Crippen MR) is 85.6 cm³/mol. The lowest BCUT2D eigenvalue weighted by Crippen LogP contribution is -2.38. The van der Waals surface area contributed by atoms with Crippen LogP contribution in [0.2, 0.25) is 0 Å². The second kappa shape index (κ2) is 6.22. The van der Waals surface area contributed by atoms with Crippen molar-refractivity contribution in [2.24, 2.45) is 0 Å². The molecule has 1 aliphatic heterocycles. The molecule has 0 bridgehead atoms. The molecule has 24 heavy (non-hydrogen) atoms. The summed E-state index contributed by atoms with van der Waals surface area (Å²) < 4.78 is 10.5. The number of rotatable bonds is 4. The summed E-state index contributed by atoms with van der Waals surface area (Å²) in [6.07, 6.45) is 0. The third kappa shape index (κ3) is 3.16. The lowest BCUT2D eigenvalue weighted by atomic mass is 9.95. The zero-order valence-electron chi connectivity index (χ0n) is 13.1. The summed E-state index contributed by atoms with van der Waals surface area (Å²) in [5, 5.41) is 22.1. The average Bonchev–Trinajstić information content (AvgIpc) is 3.07. The number of carbonyl (C=O) groups excluding carboxylic acids is 1. The fourth-order valence-electron chi connectivity index (χ4n) is 2.38. The van der Waals surface area contributed by atoms with Gasteiger partial charge in [0.2, 0.25) is 6.79 Å². The summed E-state index contributed by atoms with van der Waals surface area (Å²) in [7, 11) is 0. The van der Waals surface area contributed by atoms with Gasteiger partial charge in [0, 0.05) is 5.56 Å². The highest BCUT2D eigenvalue weighted by Gasteiger charge is 2.26. The molecule has 0 aromatic heterocycles. The Morgan fingerprint density at radius 3 is 2.67 bits per heavy atom. The van der Waals surface area contributed by atoms with Gasteiger partial charge in [-0.3, -0.25) is 4.79 Å². The predicted octanol–water partition coefficient (Wildman–Crippen LogP) is 1.92. The normalized spacial score (nSPS) is 14.5. The van der Waals surface area contributed by atoms with Crippen molar-refractivity contribution in [1.29, 1.82) is 5.26 Å². The van der Waals surface area contributed by atoms with Crippen LogP contribution in [0.15, 0.2) is 42.5 Å². The Hall–Kier alpha value is -3.04. The third-order valence-electron chi connectivity index (χ3n) is 3.86. The summed E-state index contributed by atoms with van der Waals surface area (Å²) in [5.41, 5.74) is 0.268. The minimum absolute atomic E-state index is 0.0332. The van der Waals surface area contributed by atoms with Crippen LogP contribution in [0.25, 0.3) is 0 Å². The lowest BCUT2D eigenvalue weighted by Gasteiger charge is -2.24. The zero-order valence-corrected chi connectivity index (χ0v) is 13.1. The van der Waals surface area contributed by atoms with Crippen molar-refractivity contribution in [1.82, 2.24) is 5.32 Å². The van der Waals surface area contributed by atoms with E-state index < -0.39 is 5.60 Å². The van der Waals surface area contributed by atoms with Gasteiger partial charge in [-0.2, -0.15) is 5.26 Å². The van der Waals surface area contributed by atoms with Crippen LogP contribution < -0.4 is 14.8 Å². The molecule has 6 heteroatoms. The summed E-state index contributed by atoms with van der Waals surface area (Å²) >= 11 is 0. The van der Waals surface area contributed by atoms with Crippen LogP contribution >= 0.6 is 0 Å². The fourth-order valence-corrected chi connectivity index (χ4v) is 2.38. The molecule has 0 fully saturated rings. The molecule has 1 atom stereocenters. The van der Waals surface area contributed by atoms with Gasteiger partial charge < -0.3 is 19.9 Å². The van der Waals surface area contributed by atoms with Crippen molar-refractivity contribution >= 4 is 5.91 Å². The van der Waals surface area contributed by atoms with E-state index in [0.29, 0.717) is 28.2 Å². The average molecular weight is 324 g/mol. The number of fused-ring (bicyclic) bond motifs is 1. The third-order valence-corrected chi connectivity index (χ3v) is 3.86. The number of nitriles is 1. The molecule has 6 nitrogen and oxygen atoms in total. The van der Waals surface area contributed by atoms with Crippen LogP contribution in [0.1, 0.15) is 28.4 Å². The van der Waals surface area contributed by atoms with E-state index >= 15 is 0 Å². The van der Waals surface area contributed by atoms with Crippen molar-refractivity contribution in [2.75, 3.05) is 13.3 Å². The van der Waals surface area contributed by atoms with E-state index in [0.717, 1.165) is 0 Å². The van der Waals surface area contributed by atoms with Crippen molar-refractivity contribution in [3.8, 4) is 17.6 Å². The molecule has 0 saturated heterocycles. The molecule has 1 heterocycles. The number of amides is 1. The number of nitrogens with one attached hydrogen (secondary N) is 1. The molecule has 1 unspecified atom stereocenters. The maximum Gasteiger partial charge on any atom is 0.251 e. The highest BCUT2D eigenvalue weighted by atomic mass is 16.7. The summed E-state index contributed by atoms with van der Waals surface area (Å²) in [6.45, 7) is 1.81. The van der Waals surface area contributed by atoms with Crippen LogP contribution in [0.4, 0.5) is 0 Å². The first kappa shape index (κ1) is 15.8. The van der Waals surface area contributed by atoms with E-state index in [1.54, 1.807) is 49.4 Å². The summed E-state index contributed by atoms with van der Waals surface area (Å²) in [5.74, 6) is 0.892. The number of hydrogen-bond donors (Lipinski definition) is 2. The van der Waals surface area contributed by atoms with Crippen LogP contribution in [-0.4, -0.2) is 24.4 Å². The second-order valence-electron chi connectivity index (χ2n) is 5.71. The van der Waals surface area contributed by atoms with Gasteiger partial charge in [-0.05, 0) is 48.9 Å². The number of hydrogen-bond acceptors (Lipinski definition) is 5. The lowest BCUT2D eigenvalue weighted by molar-refractivity contribution is 0.0525. The Bertz CT molecular complexity index is 807. The molecule has 0 aliphatic carbocycles. The maximum absolute atomic E-state index is 12.2. The molecule has 3 rings (SSSR count). The first-order valence-electron chi connectivity index (χ1n) is 7.40. The van der Waals surface area contributed by atoms with Gasteiger partial charge in [0.25, 0.3) is 5.91 Å². The molecule has 0 saturated carbocycles. The molecule has 1 aliphatic rings. The van der Waals surface area contributed by atoms with Crippen molar-refractivity contribution in [3.05, 3.63) is 59.2 Å². The van der Waals surface area contributed by atoms with Gasteiger partial charge >= 0.3 is 0 Å². The molecular formula is C18H16N2O4. The van der Waals surface area contributed by atoms with E-state index in [4.69, 9.17) is 14.7 Å². The quantitative estimate of drug-likeness (QED) is 0.896. The first-order valence-corrected chi connectivity index (χ1v) is 7.40. The Morgan fingerprint density at radius 1 is 1.25 bits per heavy atom. The van der Waals surface area contributed by atoms with E-state index in [1.165, 1.54) is 0 Å². The van der Waals surface area contributed by atoms with Crippen LogP contribution in [0.5, 0.6) is 11.5 Å². The van der Waals surface area contributed by atoms with Crippen LogP contribution in [0, 0.1) is 11.3 Å². The van der Waals surface area contributed by atoms with Gasteiger partial charge in [-0.1, -0.05) is 6.07 Å². The second-order valence-corrected chi connectivity index (χ2v) is 5.71. The smallest absolute Gasteiger partial charge is 0.251 e. The molecule has 1 amide bonds. The SMILES string of the molecule is CC(O)(CNC(=O)c1ccc(C#N)cc1)c1ccc2c(c1)OCO2. The fraction of sp³-hybridized carbons (Fsp3) is 0.222. The van der Waals surface area contributed by atoms with Crippen LogP contribution in [-0.2, 0) is 5.60 Å². The number of benzene rings is 2. The van der Waals surface area contributed by atoms with Gasteiger partial charge in [-0.25, -0.2) is 0 Å². The topological polar surface area (TPSA) is 91.6 Å². The molecule has 2 N–H and O–H groups in total. The molecule has 2 aromatic rings. The van der Waals surface area contributed by atoms with Gasteiger partial charge in [0.15, 0.2) is 11.5 Å². The van der Waals surface area contributed by atoms with E-state index in [1.807, 2.05) is 6.07 Å². The maximum atomic E-state index is 12.2. The monoisotopic (exact) mass is 324 g/mol. The van der Waals surface area contributed by atoms with Gasteiger partial charge in [0.1, 0.15) is 5.60 Å². The molecule has 122 valence electrons. The van der Waals surface area contributed by atoms with Crippen molar-refractivity contribution in [3.63, 3.8) is 0 Å². The van der Waals surface area contributed by atoms with E-state index in [9.17, 15) is 9.90 Å². The standard InChI is InChI=1S/C18H16N2O4/c1-18(22,14-6-7-15-16(8-14)24-11-23-15)10-20-17(21)13-4-2-12(9-19)3-5-13/h2-8,22H,10-11H2,1H3,(H,20,21). The number of ether oxygens (including phenoxy) is 2. The molecular weight excluding hydrogens is 308 g/mol. The van der Waals surface area contributed by atoms with Gasteiger partial charge in [0.05, 0.1) is 18.2 Å². The molecule has 0 spiro atoms. The Balaban J connectivity index is 1.68. The summed E-state index contributed by atoms with van der Waals surface area (Å²) in [6, 6.07) is 13.5. The largest absolute Gasteiger partial charge is 0.454 e. The highest BCUT2D eigenvalue weighted by Crippen LogP contribution is 2.35. The number of carbonyl (C=O) groups is 1. The first-order chi connectivity index (χ1) is 11.5. The van der Waals surface area contributed by atoms with E-state index in [-0.39, 0.29) is 19.2 Å². The molecule has 2 aromatic carbocycles. The van der Waals surface area contributed by atoms with Crippen LogP contribution in [0.3, 0.4) is 0 Å². The zero-order chi connectivity index (χ0) is 17.2. The van der Waals surface area contributed by atoms with Gasteiger partial charge in [-0.15, -0.1) is 0 Å². The van der Waals surface area contributed by atoms with Crippen molar-refractivity contribution < 1.29 is 19.4 Å². The summed E-state index contributed by atoms with van der Waals surface area (Å²) in [4.78, 5) is 12.2. The van der Waals surface area contributed by atoms with Crippen molar-refractivity contribution in [2.45, 2.75) is 12.5 Å². The minimum Gasteiger partial charge on any atom is -0.454 e. The Kier molecular flexibility index (Phi) is 4.11. The Labute approximate surface area is 139 Å².